The summed E-state index contributed by atoms with van der Waals surface area (Å²) in [5.41, 5.74) is 6.40. The monoisotopic (exact) mass is 371 g/mol. The van der Waals surface area contributed by atoms with Gasteiger partial charge >= 0.3 is 11.6 Å². The van der Waals surface area contributed by atoms with Crippen LogP contribution in [0.4, 0.5) is 0 Å². The second-order valence-electron chi connectivity index (χ2n) is 5.96. The van der Waals surface area contributed by atoms with Gasteiger partial charge in [-0.15, -0.1) is 0 Å². The molecule has 2 N–H and O–H groups in total. The molecule has 0 saturated carbocycles. The molecule has 142 valence electrons. The molecule has 1 atom stereocenters. The predicted molar refractivity (Wildman–Crippen MR) is 97.6 cm³/mol. The number of hydrogen-bond donors (Lipinski definition) is 1. The maximum atomic E-state index is 12.6. The summed E-state index contributed by atoms with van der Waals surface area (Å²) in [5.74, 6) is -0.159. The summed E-state index contributed by atoms with van der Waals surface area (Å²) in [6.07, 6.45) is 0. The summed E-state index contributed by atoms with van der Waals surface area (Å²) in [6, 6.07) is 8.66. The minimum atomic E-state index is -0.764. The van der Waals surface area contributed by atoms with Crippen molar-refractivity contribution >= 4 is 5.97 Å². The highest BCUT2D eigenvalue weighted by Gasteiger charge is 2.38. The number of carbonyl (C=O) groups excluding carboxylic acids is 1. The van der Waals surface area contributed by atoms with Crippen molar-refractivity contribution in [2.24, 2.45) is 5.73 Å². The number of esters is 1. The van der Waals surface area contributed by atoms with Gasteiger partial charge in [0.2, 0.25) is 5.88 Å². The third-order valence-corrected chi connectivity index (χ3v) is 4.16. The van der Waals surface area contributed by atoms with Crippen LogP contribution in [0.1, 0.15) is 36.7 Å². The van der Waals surface area contributed by atoms with Gasteiger partial charge in [-0.1, -0.05) is 12.1 Å². The summed E-state index contributed by atoms with van der Waals surface area (Å²) in [5, 5.41) is 0. The number of fused-ring (bicyclic) bond motifs is 1. The van der Waals surface area contributed by atoms with Crippen molar-refractivity contribution in [3.63, 3.8) is 0 Å². The Labute approximate surface area is 156 Å². The predicted octanol–water partition coefficient (Wildman–Crippen LogP) is 2.60. The molecule has 0 bridgehead atoms. The Balaban J connectivity index is 2.19. The van der Waals surface area contributed by atoms with Gasteiger partial charge in [-0.2, -0.15) is 0 Å². The first-order valence-electron chi connectivity index (χ1n) is 8.68. The number of rotatable bonds is 5. The van der Waals surface area contributed by atoms with Crippen LogP contribution in [0.2, 0.25) is 0 Å². The number of hydrogen-bond acceptors (Lipinski definition) is 7. The van der Waals surface area contributed by atoms with E-state index in [1.54, 1.807) is 44.2 Å². The van der Waals surface area contributed by atoms with Crippen LogP contribution in [0.25, 0.3) is 0 Å². The minimum Gasteiger partial charge on any atom is -0.494 e. The molecule has 3 rings (SSSR count). The van der Waals surface area contributed by atoms with Crippen molar-refractivity contribution in [1.29, 1.82) is 0 Å². The van der Waals surface area contributed by atoms with Crippen LogP contribution in [-0.2, 0) is 9.53 Å². The first kappa shape index (κ1) is 18.6. The normalized spacial score (nSPS) is 15.7. The topological polar surface area (TPSA) is 101 Å². The quantitative estimate of drug-likeness (QED) is 0.806. The molecule has 2 aromatic rings. The smallest absolute Gasteiger partial charge is 0.343 e. The van der Waals surface area contributed by atoms with Gasteiger partial charge in [0, 0.05) is 6.07 Å². The van der Waals surface area contributed by atoms with Gasteiger partial charge in [0.1, 0.15) is 22.8 Å². The Morgan fingerprint density at radius 2 is 1.89 bits per heavy atom. The fraction of sp³-hybridized carbons (Fsp3) is 0.300. The Morgan fingerprint density at radius 1 is 1.19 bits per heavy atom. The Kier molecular flexibility index (Phi) is 5.21. The first-order valence-corrected chi connectivity index (χ1v) is 8.68. The van der Waals surface area contributed by atoms with E-state index in [-0.39, 0.29) is 29.4 Å². The molecule has 0 radical (unpaired) electrons. The molecule has 1 aliphatic heterocycles. The van der Waals surface area contributed by atoms with E-state index >= 15 is 0 Å². The van der Waals surface area contributed by atoms with Gasteiger partial charge in [-0.25, -0.2) is 9.59 Å². The Morgan fingerprint density at radius 3 is 2.52 bits per heavy atom. The lowest BCUT2D eigenvalue weighted by molar-refractivity contribution is -0.139. The van der Waals surface area contributed by atoms with E-state index in [4.69, 9.17) is 24.4 Å². The summed E-state index contributed by atoms with van der Waals surface area (Å²) < 4.78 is 21.4. The van der Waals surface area contributed by atoms with Crippen molar-refractivity contribution in [3.8, 4) is 11.5 Å². The molecular weight excluding hydrogens is 350 g/mol. The molecule has 1 aliphatic rings. The van der Waals surface area contributed by atoms with E-state index in [2.05, 4.69) is 0 Å². The van der Waals surface area contributed by atoms with Crippen LogP contribution >= 0.6 is 0 Å². The lowest BCUT2D eigenvalue weighted by Crippen LogP contribution is -2.31. The fourth-order valence-corrected chi connectivity index (χ4v) is 3.08. The van der Waals surface area contributed by atoms with Crippen molar-refractivity contribution in [3.05, 3.63) is 69.1 Å². The molecular formula is C20H21NO6. The van der Waals surface area contributed by atoms with Gasteiger partial charge in [0.05, 0.1) is 24.7 Å². The summed E-state index contributed by atoms with van der Waals surface area (Å²) in [7, 11) is 0. The van der Waals surface area contributed by atoms with Crippen LogP contribution in [0, 0.1) is 6.92 Å². The number of ether oxygens (including phenoxy) is 3. The molecule has 0 amide bonds. The molecule has 7 nitrogen and oxygen atoms in total. The number of aryl methyl sites for hydroxylation is 1. The molecule has 1 aromatic carbocycles. The largest absolute Gasteiger partial charge is 0.494 e. The highest BCUT2D eigenvalue weighted by atomic mass is 16.5. The average molecular weight is 371 g/mol. The summed E-state index contributed by atoms with van der Waals surface area (Å²) in [6.45, 7) is 5.91. The van der Waals surface area contributed by atoms with E-state index in [1.165, 1.54) is 0 Å². The maximum absolute atomic E-state index is 12.6. The van der Waals surface area contributed by atoms with Crippen LogP contribution in [0.15, 0.2) is 51.0 Å². The third kappa shape index (κ3) is 3.53. The first-order chi connectivity index (χ1) is 13.0. The lowest BCUT2D eigenvalue weighted by atomic mass is 9.83. The van der Waals surface area contributed by atoms with Crippen molar-refractivity contribution in [1.82, 2.24) is 0 Å². The molecule has 7 heteroatoms. The van der Waals surface area contributed by atoms with Gasteiger partial charge < -0.3 is 24.4 Å². The maximum Gasteiger partial charge on any atom is 0.343 e. The fourth-order valence-electron chi connectivity index (χ4n) is 3.08. The molecule has 0 saturated heterocycles. The zero-order valence-corrected chi connectivity index (χ0v) is 15.4. The molecule has 2 heterocycles. The van der Waals surface area contributed by atoms with Crippen LogP contribution in [0.3, 0.4) is 0 Å². The third-order valence-electron chi connectivity index (χ3n) is 4.16. The standard InChI is InChI=1S/C20H21NO6/c1-4-24-13-8-6-12(7-9-13)15-16-14(10-11(3)26-20(16)23)27-18(21)17(15)19(22)25-5-2/h6-10,15H,4-5,21H2,1-3H3. The van der Waals surface area contributed by atoms with Crippen LogP contribution in [-0.4, -0.2) is 19.2 Å². The number of nitrogens with two attached hydrogens (primary N) is 1. The molecule has 0 fully saturated rings. The van der Waals surface area contributed by atoms with Gasteiger partial charge in [0.15, 0.2) is 0 Å². The second-order valence-corrected chi connectivity index (χ2v) is 5.96. The van der Waals surface area contributed by atoms with Gasteiger partial charge in [-0.3, -0.25) is 0 Å². The average Bonchev–Trinajstić information content (AvgIpc) is 2.61. The SMILES string of the molecule is CCOC(=O)C1=C(N)Oc2cc(C)oc(=O)c2C1c1ccc(OCC)cc1. The zero-order chi connectivity index (χ0) is 19.6. The molecule has 0 aliphatic carbocycles. The Bertz CT molecular complexity index is 942. The lowest BCUT2D eigenvalue weighted by Gasteiger charge is -2.27. The molecule has 27 heavy (non-hydrogen) atoms. The molecule has 0 spiro atoms. The highest BCUT2D eigenvalue weighted by molar-refractivity contribution is 5.92. The van der Waals surface area contributed by atoms with Crippen molar-refractivity contribution in [2.75, 3.05) is 13.2 Å². The van der Waals surface area contributed by atoms with E-state index in [0.717, 1.165) is 0 Å². The summed E-state index contributed by atoms with van der Waals surface area (Å²) >= 11 is 0. The Hall–Kier alpha value is -3.22. The zero-order valence-electron chi connectivity index (χ0n) is 15.4. The summed E-state index contributed by atoms with van der Waals surface area (Å²) in [4.78, 5) is 25.1. The molecule has 1 aromatic heterocycles. The van der Waals surface area contributed by atoms with Crippen molar-refractivity contribution in [2.45, 2.75) is 26.7 Å². The van der Waals surface area contributed by atoms with E-state index in [0.29, 0.717) is 23.7 Å². The second kappa shape index (κ2) is 7.57. The van der Waals surface area contributed by atoms with E-state index in [9.17, 15) is 9.59 Å². The van der Waals surface area contributed by atoms with Crippen molar-refractivity contribution < 1.29 is 23.4 Å². The van der Waals surface area contributed by atoms with E-state index < -0.39 is 17.5 Å². The molecule has 1 unspecified atom stereocenters. The van der Waals surface area contributed by atoms with Gasteiger partial charge in [-0.05, 0) is 38.5 Å². The number of benzene rings is 1. The van der Waals surface area contributed by atoms with E-state index in [1.807, 2.05) is 6.92 Å². The highest BCUT2D eigenvalue weighted by Crippen LogP contribution is 2.41. The minimum absolute atomic E-state index is 0.0738. The number of carbonyl (C=O) groups is 1. The van der Waals surface area contributed by atoms with Gasteiger partial charge in [0.25, 0.3) is 0 Å². The van der Waals surface area contributed by atoms with Crippen LogP contribution < -0.4 is 20.8 Å². The van der Waals surface area contributed by atoms with Crippen LogP contribution in [0.5, 0.6) is 11.5 Å².